The Morgan fingerprint density at radius 2 is 1.40 bits per heavy atom. The van der Waals surface area contributed by atoms with Crippen LogP contribution in [0.5, 0.6) is 0 Å². The summed E-state index contributed by atoms with van der Waals surface area (Å²) in [5.41, 5.74) is 6.13. The van der Waals surface area contributed by atoms with Gasteiger partial charge in [0.15, 0.2) is 0 Å². The Kier molecular flexibility index (Phi) is 9.18. The Balaban J connectivity index is 0.000000324. The van der Waals surface area contributed by atoms with Gasteiger partial charge in [-0.1, -0.05) is 79.5 Å². The summed E-state index contributed by atoms with van der Waals surface area (Å²) in [4.78, 5) is 1.85. The fraction of sp³-hybridized carbons (Fsp3) is 0.174. The van der Waals surface area contributed by atoms with Crippen molar-refractivity contribution in [3.8, 4) is 0 Å². The Morgan fingerprint density at radius 1 is 0.920 bits per heavy atom. The van der Waals surface area contributed by atoms with Crippen LogP contribution in [0.25, 0.3) is 5.57 Å². The molecular formula is C23H26S2. The predicted octanol–water partition coefficient (Wildman–Crippen LogP) is 7.13. The zero-order valence-electron chi connectivity index (χ0n) is 15.4. The minimum Gasteiger partial charge on any atom is -0.143 e. The lowest BCUT2D eigenvalue weighted by atomic mass is 10.0. The molecule has 0 saturated heterocycles. The van der Waals surface area contributed by atoms with Gasteiger partial charge in [-0.15, -0.1) is 12.6 Å². The number of hydrogen-bond donors (Lipinski definition) is 1. The SMILES string of the molecule is C=C/C=C\C(S)=C(/C)c1ccc(C(C)=S)cc1.Cc1ccccc1C. The fourth-order valence-electron chi connectivity index (χ4n) is 2.05. The second-order valence-corrected chi connectivity index (χ2v) is 6.92. The van der Waals surface area contributed by atoms with E-state index in [2.05, 4.69) is 76.4 Å². The summed E-state index contributed by atoms with van der Waals surface area (Å²) in [5, 5.41) is 0. The molecule has 0 bridgehead atoms. The number of rotatable bonds is 4. The lowest BCUT2D eigenvalue weighted by Crippen LogP contribution is -1.90. The van der Waals surface area contributed by atoms with Crippen molar-refractivity contribution < 1.29 is 0 Å². The molecule has 0 unspecified atom stereocenters. The van der Waals surface area contributed by atoms with Gasteiger partial charge in [0.1, 0.15) is 0 Å². The van der Waals surface area contributed by atoms with Gasteiger partial charge in [0.05, 0.1) is 0 Å². The van der Waals surface area contributed by atoms with Gasteiger partial charge < -0.3 is 0 Å². The fourth-order valence-corrected chi connectivity index (χ4v) is 2.40. The van der Waals surface area contributed by atoms with Crippen molar-refractivity contribution in [3.63, 3.8) is 0 Å². The van der Waals surface area contributed by atoms with E-state index in [4.69, 9.17) is 12.2 Å². The van der Waals surface area contributed by atoms with Crippen LogP contribution in [0, 0.1) is 13.8 Å². The molecule has 0 spiro atoms. The molecule has 2 aromatic carbocycles. The van der Waals surface area contributed by atoms with Crippen LogP contribution in [0.3, 0.4) is 0 Å². The minimum atomic E-state index is 0.913. The molecule has 0 nitrogen and oxygen atoms in total. The zero-order chi connectivity index (χ0) is 18.8. The topological polar surface area (TPSA) is 0 Å². The van der Waals surface area contributed by atoms with E-state index in [0.29, 0.717) is 0 Å². The van der Waals surface area contributed by atoms with Crippen LogP contribution in [0.15, 0.2) is 78.2 Å². The predicted molar refractivity (Wildman–Crippen MR) is 121 cm³/mol. The van der Waals surface area contributed by atoms with Crippen molar-refractivity contribution in [2.75, 3.05) is 0 Å². The van der Waals surface area contributed by atoms with Crippen LogP contribution < -0.4 is 0 Å². The Morgan fingerprint density at radius 3 is 1.80 bits per heavy atom. The van der Waals surface area contributed by atoms with Gasteiger partial charge in [0.2, 0.25) is 0 Å². The van der Waals surface area contributed by atoms with E-state index in [1.165, 1.54) is 11.1 Å². The lowest BCUT2D eigenvalue weighted by Gasteiger charge is -2.05. The van der Waals surface area contributed by atoms with Crippen LogP contribution in [-0.2, 0) is 0 Å². The van der Waals surface area contributed by atoms with E-state index in [1.54, 1.807) is 6.08 Å². The average Bonchev–Trinajstić information content (AvgIpc) is 2.62. The highest BCUT2D eigenvalue weighted by molar-refractivity contribution is 7.85. The first kappa shape index (κ1) is 21.1. The number of hydrogen-bond acceptors (Lipinski definition) is 2. The molecule has 130 valence electrons. The highest BCUT2D eigenvalue weighted by atomic mass is 32.1. The molecule has 0 aliphatic rings. The van der Waals surface area contributed by atoms with E-state index in [1.807, 2.05) is 31.2 Å². The molecule has 25 heavy (non-hydrogen) atoms. The summed E-state index contributed by atoms with van der Waals surface area (Å²) >= 11 is 9.59. The third kappa shape index (κ3) is 7.25. The molecule has 0 aliphatic heterocycles. The quantitative estimate of drug-likeness (QED) is 0.260. The van der Waals surface area contributed by atoms with Crippen LogP contribution in [0.2, 0.25) is 0 Å². The van der Waals surface area contributed by atoms with E-state index >= 15 is 0 Å². The van der Waals surface area contributed by atoms with Crippen LogP contribution in [0.1, 0.15) is 36.1 Å². The first-order chi connectivity index (χ1) is 11.9. The highest BCUT2D eigenvalue weighted by Crippen LogP contribution is 2.22. The summed E-state index contributed by atoms with van der Waals surface area (Å²) in [6.07, 6.45) is 5.55. The zero-order valence-corrected chi connectivity index (χ0v) is 17.1. The Bertz CT molecular complexity index is 757. The number of aryl methyl sites for hydroxylation is 2. The number of thiol groups is 1. The van der Waals surface area contributed by atoms with Crippen molar-refractivity contribution >= 4 is 35.3 Å². The number of allylic oxidation sites excluding steroid dienone is 4. The van der Waals surface area contributed by atoms with Crippen LogP contribution in [0.4, 0.5) is 0 Å². The molecule has 2 heteroatoms. The van der Waals surface area contributed by atoms with Gasteiger partial charge in [0.25, 0.3) is 0 Å². The molecule has 0 fully saturated rings. The first-order valence-electron chi connectivity index (χ1n) is 8.19. The Labute approximate surface area is 163 Å². The molecular weight excluding hydrogens is 340 g/mol. The van der Waals surface area contributed by atoms with Gasteiger partial charge in [-0.2, -0.15) is 0 Å². The maximum absolute atomic E-state index is 5.13. The van der Waals surface area contributed by atoms with Gasteiger partial charge in [0, 0.05) is 9.77 Å². The van der Waals surface area contributed by atoms with Crippen LogP contribution >= 0.6 is 24.8 Å². The van der Waals surface area contributed by atoms with Gasteiger partial charge in [-0.25, -0.2) is 0 Å². The first-order valence-corrected chi connectivity index (χ1v) is 9.05. The normalized spacial score (nSPS) is 11.4. The van der Waals surface area contributed by atoms with Crippen molar-refractivity contribution in [2.24, 2.45) is 0 Å². The molecule has 0 aromatic heterocycles. The van der Waals surface area contributed by atoms with E-state index in [0.717, 1.165) is 26.5 Å². The maximum atomic E-state index is 5.13. The molecule has 2 rings (SSSR count). The van der Waals surface area contributed by atoms with E-state index in [-0.39, 0.29) is 0 Å². The molecule has 2 aromatic rings. The van der Waals surface area contributed by atoms with E-state index < -0.39 is 0 Å². The molecule has 0 N–H and O–H groups in total. The molecule has 0 aliphatic carbocycles. The van der Waals surface area contributed by atoms with Crippen molar-refractivity contribution in [1.82, 2.24) is 0 Å². The van der Waals surface area contributed by atoms with Gasteiger partial charge >= 0.3 is 0 Å². The summed E-state index contributed by atoms with van der Waals surface area (Å²) in [7, 11) is 0. The van der Waals surface area contributed by atoms with Crippen molar-refractivity contribution in [1.29, 1.82) is 0 Å². The van der Waals surface area contributed by atoms with Crippen LogP contribution in [-0.4, -0.2) is 4.86 Å². The maximum Gasteiger partial charge on any atom is 0.0193 e. The highest BCUT2D eigenvalue weighted by Gasteiger charge is 2.00. The summed E-state index contributed by atoms with van der Waals surface area (Å²) in [5.74, 6) is 0. The average molecular weight is 367 g/mol. The summed E-state index contributed by atoms with van der Waals surface area (Å²) in [6, 6.07) is 16.6. The molecule has 0 amide bonds. The monoisotopic (exact) mass is 366 g/mol. The third-order valence-electron chi connectivity index (χ3n) is 3.92. The smallest absolute Gasteiger partial charge is 0.0193 e. The second kappa shape index (κ2) is 10.9. The largest absolute Gasteiger partial charge is 0.143 e. The lowest BCUT2D eigenvalue weighted by molar-refractivity contribution is 1.34. The minimum absolute atomic E-state index is 0.913. The number of benzene rings is 2. The Hall–Kier alpha value is -1.90. The van der Waals surface area contributed by atoms with Gasteiger partial charge in [-0.05, 0) is 61.6 Å². The van der Waals surface area contributed by atoms with Crippen molar-refractivity contribution in [3.05, 3.63) is 100 Å². The molecule has 0 radical (unpaired) electrons. The molecule has 0 atom stereocenters. The van der Waals surface area contributed by atoms with Crippen molar-refractivity contribution in [2.45, 2.75) is 27.7 Å². The molecule has 0 heterocycles. The summed E-state index contributed by atoms with van der Waals surface area (Å²) < 4.78 is 0. The second-order valence-electron chi connectivity index (χ2n) is 5.82. The van der Waals surface area contributed by atoms with E-state index in [9.17, 15) is 0 Å². The number of thiocarbonyl (C=S) groups is 1. The summed E-state index contributed by atoms with van der Waals surface area (Å²) in [6.45, 7) is 11.9. The van der Waals surface area contributed by atoms with Gasteiger partial charge in [-0.3, -0.25) is 0 Å². The standard InChI is InChI=1S/C15H16S2.C8H10/c1-4-5-6-15(17)11(2)13-7-9-14(10-8-13)12(3)16;1-7-5-3-4-6-8(7)2/h4-10,17H,1H2,2-3H3;3-6H,1-2H3/b6-5-,15-11-;. The molecule has 0 saturated carbocycles. The third-order valence-corrected chi connectivity index (χ3v) is 4.64.